The molecule has 0 spiro atoms. The molecule has 1 heterocycles. The fourth-order valence-corrected chi connectivity index (χ4v) is 3.29. The highest BCUT2D eigenvalue weighted by Gasteiger charge is 2.31. The average molecular weight is 381 g/mol. The lowest BCUT2D eigenvalue weighted by atomic mass is 9.95. The molecule has 0 amide bonds. The van der Waals surface area contributed by atoms with Crippen molar-refractivity contribution >= 4 is 5.96 Å². The lowest BCUT2D eigenvalue weighted by molar-refractivity contribution is 0.554. The third kappa shape index (κ3) is 4.01. The van der Waals surface area contributed by atoms with Gasteiger partial charge in [0.2, 0.25) is 0 Å². The minimum Gasteiger partial charge on any atom is -0.352 e. The summed E-state index contributed by atoms with van der Waals surface area (Å²) in [6, 6.07) is 17.9. The first-order valence-corrected chi connectivity index (χ1v) is 8.92. The van der Waals surface area contributed by atoms with Gasteiger partial charge in [-0.25, -0.2) is 18.2 Å². The summed E-state index contributed by atoms with van der Waals surface area (Å²) < 4.78 is 40.5. The highest BCUT2D eigenvalue weighted by molar-refractivity contribution is 5.82. The minimum absolute atomic E-state index is 0.294. The van der Waals surface area contributed by atoms with Crippen LogP contribution in [0.15, 0.2) is 77.8 Å². The molecule has 2 unspecified atom stereocenters. The van der Waals surface area contributed by atoms with E-state index >= 15 is 0 Å². The van der Waals surface area contributed by atoms with Crippen molar-refractivity contribution in [2.45, 2.75) is 18.6 Å². The molecule has 2 N–H and O–H groups in total. The van der Waals surface area contributed by atoms with Crippen molar-refractivity contribution in [2.24, 2.45) is 4.99 Å². The van der Waals surface area contributed by atoms with Gasteiger partial charge in [-0.05, 0) is 53.1 Å². The third-order valence-electron chi connectivity index (χ3n) is 4.65. The molecule has 3 nitrogen and oxygen atoms in total. The van der Waals surface area contributed by atoms with Crippen LogP contribution in [0.25, 0.3) is 0 Å². The Labute approximate surface area is 160 Å². The molecule has 0 saturated heterocycles. The molecular formula is C22H18F3N3. The van der Waals surface area contributed by atoms with Gasteiger partial charge in [0.15, 0.2) is 5.96 Å². The molecule has 2 atom stereocenters. The topological polar surface area (TPSA) is 36.4 Å². The number of nitrogens with one attached hydrogen (secondary N) is 2. The molecule has 0 fully saturated rings. The lowest BCUT2D eigenvalue weighted by Crippen LogP contribution is -2.35. The summed E-state index contributed by atoms with van der Waals surface area (Å²) in [5, 5.41) is 6.43. The Balaban J connectivity index is 1.59. The van der Waals surface area contributed by atoms with Gasteiger partial charge in [0, 0.05) is 6.54 Å². The zero-order valence-corrected chi connectivity index (χ0v) is 14.9. The van der Waals surface area contributed by atoms with Crippen LogP contribution in [0.2, 0.25) is 0 Å². The fraction of sp³-hybridized carbons (Fsp3) is 0.136. The van der Waals surface area contributed by atoms with Crippen molar-refractivity contribution in [2.75, 3.05) is 0 Å². The highest BCUT2D eigenvalue weighted by atomic mass is 19.1. The normalized spacial score (nSPS) is 18.5. The van der Waals surface area contributed by atoms with Crippen LogP contribution in [0, 0.1) is 17.5 Å². The Hall–Kier alpha value is -3.28. The van der Waals surface area contributed by atoms with Gasteiger partial charge in [-0.15, -0.1) is 0 Å². The molecule has 6 heteroatoms. The van der Waals surface area contributed by atoms with E-state index in [1.807, 2.05) is 6.07 Å². The number of guanidine groups is 1. The maximum Gasteiger partial charge on any atom is 0.192 e. The van der Waals surface area contributed by atoms with Crippen molar-refractivity contribution in [3.63, 3.8) is 0 Å². The zero-order chi connectivity index (χ0) is 19.5. The first kappa shape index (κ1) is 18.1. The predicted octanol–water partition coefficient (Wildman–Crippen LogP) is 4.64. The van der Waals surface area contributed by atoms with Crippen LogP contribution in [-0.2, 0) is 6.54 Å². The molecule has 0 radical (unpaired) electrons. The minimum atomic E-state index is -0.409. The maximum atomic E-state index is 13.7. The van der Waals surface area contributed by atoms with Crippen LogP contribution in [0.5, 0.6) is 0 Å². The summed E-state index contributed by atoms with van der Waals surface area (Å²) in [7, 11) is 0. The Morgan fingerprint density at radius 2 is 1.43 bits per heavy atom. The Morgan fingerprint density at radius 3 is 2.11 bits per heavy atom. The van der Waals surface area contributed by atoms with Crippen LogP contribution in [0.3, 0.4) is 0 Å². The zero-order valence-electron chi connectivity index (χ0n) is 14.9. The summed E-state index contributed by atoms with van der Waals surface area (Å²) in [6.45, 7) is 0.442. The standard InChI is InChI=1S/C22H18F3N3/c23-17-9-7-14(8-10-17)13-26-22-27-20(15-3-1-5-18(24)11-15)21(28-22)16-4-2-6-19(25)12-16/h1-12,20-21H,13H2,(H2,26,27,28). The van der Waals surface area contributed by atoms with Gasteiger partial charge in [0.1, 0.15) is 23.5 Å². The second-order valence-electron chi connectivity index (χ2n) is 6.63. The number of nitrogens with zero attached hydrogens (tertiary/aromatic N) is 1. The second kappa shape index (κ2) is 7.76. The van der Waals surface area contributed by atoms with E-state index in [-0.39, 0.29) is 23.5 Å². The molecular weight excluding hydrogens is 363 g/mol. The van der Waals surface area contributed by atoms with E-state index in [4.69, 9.17) is 0 Å². The van der Waals surface area contributed by atoms with E-state index < -0.39 is 6.04 Å². The number of hydrogen-bond donors (Lipinski definition) is 2. The highest BCUT2D eigenvalue weighted by Crippen LogP contribution is 2.36. The summed E-state index contributed by atoms with van der Waals surface area (Å²) in [4.78, 5) is 4.65. The van der Waals surface area contributed by atoms with Gasteiger partial charge in [0.25, 0.3) is 0 Å². The third-order valence-corrected chi connectivity index (χ3v) is 4.65. The molecule has 0 bridgehead atoms. The van der Waals surface area contributed by atoms with E-state index in [2.05, 4.69) is 15.6 Å². The quantitative estimate of drug-likeness (QED) is 0.691. The molecule has 4 rings (SSSR count). The van der Waals surface area contributed by atoms with Crippen LogP contribution >= 0.6 is 0 Å². The van der Waals surface area contributed by atoms with Crippen molar-refractivity contribution in [1.82, 2.24) is 10.6 Å². The first-order valence-electron chi connectivity index (χ1n) is 8.92. The van der Waals surface area contributed by atoms with E-state index in [9.17, 15) is 13.2 Å². The first-order chi connectivity index (χ1) is 13.6. The number of aliphatic imine (C=N–C) groups is 1. The molecule has 142 valence electrons. The SMILES string of the molecule is Fc1ccc(CNC2=NC(c3cccc(F)c3)C(c3cccc(F)c3)N2)cc1. The molecule has 1 aliphatic heterocycles. The number of halogens is 3. The largest absolute Gasteiger partial charge is 0.352 e. The number of benzene rings is 3. The van der Waals surface area contributed by atoms with Gasteiger partial charge in [0.05, 0.1) is 6.04 Å². The summed E-state index contributed by atoms with van der Waals surface area (Å²) in [5.74, 6) is -0.464. The van der Waals surface area contributed by atoms with E-state index in [0.717, 1.165) is 11.1 Å². The smallest absolute Gasteiger partial charge is 0.192 e. The average Bonchev–Trinajstić information content (AvgIpc) is 3.12. The molecule has 0 aliphatic carbocycles. The van der Waals surface area contributed by atoms with Gasteiger partial charge >= 0.3 is 0 Å². The molecule has 3 aromatic carbocycles. The van der Waals surface area contributed by atoms with Gasteiger partial charge in [-0.2, -0.15) is 0 Å². The summed E-state index contributed by atoms with van der Waals surface area (Å²) >= 11 is 0. The van der Waals surface area contributed by atoms with Crippen LogP contribution in [0.4, 0.5) is 13.2 Å². The number of hydrogen-bond acceptors (Lipinski definition) is 3. The van der Waals surface area contributed by atoms with Crippen molar-refractivity contribution in [3.8, 4) is 0 Å². The van der Waals surface area contributed by atoms with E-state index in [1.165, 1.54) is 36.4 Å². The van der Waals surface area contributed by atoms with Crippen molar-refractivity contribution < 1.29 is 13.2 Å². The molecule has 3 aromatic rings. The molecule has 28 heavy (non-hydrogen) atoms. The maximum absolute atomic E-state index is 13.7. The molecule has 0 aromatic heterocycles. The van der Waals surface area contributed by atoms with Gasteiger partial charge in [-0.3, -0.25) is 0 Å². The fourth-order valence-electron chi connectivity index (χ4n) is 3.29. The Bertz CT molecular complexity index is 1000. The number of rotatable bonds is 4. The van der Waals surface area contributed by atoms with Crippen LogP contribution < -0.4 is 10.6 Å². The van der Waals surface area contributed by atoms with Crippen LogP contribution in [0.1, 0.15) is 28.8 Å². The van der Waals surface area contributed by atoms with E-state index in [0.29, 0.717) is 18.1 Å². The monoisotopic (exact) mass is 381 g/mol. The van der Waals surface area contributed by atoms with Crippen molar-refractivity contribution in [1.29, 1.82) is 0 Å². The Morgan fingerprint density at radius 1 is 0.786 bits per heavy atom. The van der Waals surface area contributed by atoms with Gasteiger partial charge < -0.3 is 10.6 Å². The van der Waals surface area contributed by atoms with Gasteiger partial charge in [-0.1, -0.05) is 36.4 Å². The Kier molecular flexibility index (Phi) is 5.02. The predicted molar refractivity (Wildman–Crippen MR) is 102 cm³/mol. The van der Waals surface area contributed by atoms with Crippen molar-refractivity contribution in [3.05, 3.63) is 107 Å². The summed E-state index contributed by atoms with van der Waals surface area (Å²) in [5.41, 5.74) is 2.30. The molecule has 1 aliphatic rings. The molecule has 0 saturated carbocycles. The van der Waals surface area contributed by atoms with Crippen LogP contribution in [-0.4, -0.2) is 5.96 Å². The lowest BCUT2D eigenvalue weighted by Gasteiger charge is -2.19. The second-order valence-corrected chi connectivity index (χ2v) is 6.63. The van der Waals surface area contributed by atoms with E-state index in [1.54, 1.807) is 30.3 Å². The summed E-state index contributed by atoms with van der Waals surface area (Å²) in [6.07, 6.45) is 0.